The summed E-state index contributed by atoms with van der Waals surface area (Å²) in [6, 6.07) is 5.27. The summed E-state index contributed by atoms with van der Waals surface area (Å²) in [6.45, 7) is 0.939. The van der Waals surface area contributed by atoms with Crippen LogP contribution in [0.15, 0.2) is 24.4 Å². The highest BCUT2D eigenvalue weighted by Gasteiger charge is 2.30. The molecular weight excluding hydrogens is 272 g/mol. The molecule has 19 heavy (non-hydrogen) atoms. The number of rotatable bonds is 2. The Morgan fingerprint density at radius 3 is 2.89 bits per heavy atom. The molecule has 1 atom stereocenters. The highest BCUT2D eigenvalue weighted by molar-refractivity contribution is 6.31. The van der Waals surface area contributed by atoms with Gasteiger partial charge in [-0.05, 0) is 24.6 Å². The quantitative estimate of drug-likeness (QED) is 0.846. The molecule has 0 aliphatic carbocycles. The minimum Gasteiger partial charge on any atom is -0.355 e. The summed E-state index contributed by atoms with van der Waals surface area (Å²) in [7, 11) is 0. The minimum absolute atomic E-state index is 0.339. The van der Waals surface area contributed by atoms with E-state index in [2.05, 4.69) is 9.97 Å². The molecule has 2 aromatic rings. The average Bonchev–Trinajstić information content (AvgIpc) is 2.88. The smallest absolute Gasteiger partial charge is 0.243 e. The lowest BCUT2D eigenvalue weighted by Crippen LogP contribution is -2.23. The van der Waals surface area contributed by atoms with Gasteiger partial charge in [-0.1, -0.05) is 11.6 Å². The van der Waals surface area contributed by atoms with Crippen molar-refractivity contribution in [1.29, 1.82) is 0 Å². The van der Waals surface area contributed by atoms with Crippen LogP contribution < -0.4 is 4.90 Å². The zero-order chi connectivity index (χ0) is 13.4. The van der Waals surface area contributed by atoms with E-state index in [0.717, 1.165) is 5.52 Å². The molecule has 0 saturated carbocycles. The molecule has 1 aromatic heterocycles. The van der Waals surface area contributed by atoms with Crippen LogP contribution in [0.2, 0.25) is 5.02 Å². The predicted octanol–water partition coefficient (Wildman–Crippen LogP) is 3.37. The molecule has 100 valence electrons. The van der Waals surface area contributed by atoms with E-state index in [-0.39, 0.29) is 0 Å². The van der Waals surface area contributed by atoms with Crippen molar-refractivity contribution in [2.24, 2.45) is 5.92 Å². The van der Waals surface area contributed by atoms with E-state index in [1.54, 1.807) is 24.4 Å². The van der Waals surface area contributed by atoms with Crippen LogP contribution in [0.4, 0.5) is 14.6 Å². The first-order chi connectivity index (χ1) is 9.13. The molecule has 1 unspecified atom stereocenters. The van der Waals surface area contributed by atoms with E-state index in [4.69, 9.17) is 11.6 Å². The van der Waals surface area contributed by atoms with Crippen LogP contribution in [-0.2, 0) is 0 Å². The van der Waals surface area contributed by atoms with E-state index in [1.807, 2.05) is 4.90 Å². The molecule has 3 nitrogen and oxygen atoms in total. The first-order valence-corrected chi connectivity index (χ1v) is 6.47. The van der Waals surface area contributed by atoms with Crippen molar-refractivity contribution in [3.8, 4) is 0 Å². The molecule has 1 aromatic carbocycles. The Balaban J connectivity index is 1.88. The normalized spacial score (nSPS) is 19.6. The van der Waals surface area contributed by atoms with Gasteiger partial charge in [0, 0.05) is 24.0 Å². The number of aromatic nitrogens is 2. The third-order valence-corrected chi connectivity index (χ3v) is 3.63. The zero-order valence-corrected chi connectivity index (χ0v) is 10.8. The molecule has 0 N–H and O–H groups in total. The van der Waals surface area contributed by atoms with Crippen LogP contribution in [0.5, 0.6) is 0 Å². The van der Waals surface area contributed by atoms with Crippen LogP contribution in [-0.4, -0.2) is 29.5 Å². The van der Waals surface area contributed by atoms with E-state index < -0.39 is 12.3 Å². The summed E-state index contributed by atoms with van der Waals surface area (Å²) in [5, 5.41) is 0.605. The third-order valence-electron chi connectivity index (χ3n) is 3.40. The molecule has 0 bridgehead atoms. The number of halogens is 3. The molecule has 1 fully saturated rings. The van der Waals surface area contributed by atoms with Crippen LogP contribution in [0.25, 0.3) is 11.0 Å². The molecule has 1 aliphatic rings. The largest absolute Gasteiger partial charge is 0.355 e. The Morgan fingerprint density at radius 2 is 2.16 bits per heavy atom. The van der Waals surface area contributed by atoms with Crippen molar-refractivity contribution in [3.05, 3.63) is 29.4 Å². The fourth-order valence-electron chi connectivity index (χ4n) is 2.33. The summed E-state index contributed by atoms with van der Waals surface area (Å²) in [6.07, 6.45) is -0.151. The number of fused-ring (bicyclic) bond motifs is 1. The number of benzene rings is 1. The van der Waals surface area contributed by atoms with Gasteiger partial charge in [-0.3, -0.25) is 4.98 Å². The standard InChI is InChI=1S/C13H12ClF2N3/c14-9-1-2-10-11(5-9)17-6-12(18-10)19-4-3-8(7-19)13(15)16/h1-2,5-6,8,13H,3-4,7H2. The number of anilines is 1. The van der Waals surface area contributed by atoms with Crippen LogP contribution >= 0.6 is 11.6 Å². The lowest BCUT2D eigenvalue weighted by atomic mass is 10.1. The molecule has 0 spiro atoms. The summed E-state index contributed by atoms with van der Waals surface area (Å²) in [5.74, 6) is 0.0840. The maximum atomic E-state index is 12.6. The maximum absolute atomic E-state index is 12.6. The predicted molar refractivity (Wildman–Crippen MR) is 70.9 cm³/mol. The lowest BCUT2D eigenvalue weighted by molar-refractivity contribution is 0.0880. The van der Waals surface area contributed by atoms with Crippen molar-refractivity contribution in [2.45, 2.75) is 12.8 Å². The van der Waals surface area contributed by atoms with Gasteiger partial charge in [-0.25, -0.2) is 13.8 Å². The Kier molecular flexibility index (Phi) is 3.22. The second-order valence-electron chi connectivity index (χ2n) is 4.69. The fourth-order valence-corrected chi connectivity index (χ4v) is 2.49. The number of hydrogen-bond donors (Lipinski definition) is 0. The van der Waals surface area contributed by atoms with E-state index in [9.17, 15) is 8.78 Å². The Morgan fingerprint density at radius 1 is 1.32 bits per heavy atom. The van der Waals surface area contributed by atoms with Crippen LogP contribution in [0, 0.1) is 5.92 Å². The SMILES string of the molecule is FC(F)C1CCN(c2cnc3cc(Cl)ccc3n2)C1. The van der Waals surface area contributed by atoms with Gasteiger partial charge in [0.1, 0.15) is 5.82 Å². The molecule has 6 heteroatoms. The number of hydrogen-bond acceptors (Lipinski definition) is 3. The maximum Gasteiger partial charge on any atom is 0.243 e. The van der Waals surface area contributed by atoms with E-state index in [1.165, 1.54) is 0 Å². The molecule has 0 amide bonds. The minimum atomic E-state index is -2.27. The molecule has 1 saturated heterocycles. The van der Waals surface area contributed by atoms with Crippen LogP contribution in [0.1, 0.15) is 6.42 Å². The summed E-state index contributed by atoms with van der Waals surface area (Å²) < 4.78 is 25.3. The fraction of sp³-hybridized carbons (Fsp3) is 0.385. The first-order valence-electron chi connectivity index (χ1n) is 6.09. The number of nitrogens with zero attached hydrogens (tertiary/aromatic N) is 3. The first kappa shape index (κ1) is 12.5. The molecular formula is C13H12ClF2N3. The molecule has 3 rings (SSSR count). The molecule has 1 aliphatic heterocycles. The monoisotopic (exact) mass is 283 g/mol. The van der Waals surface area contributed by atoms with Gasteiger partial charge >= 0.3 is 0 Å². The van der Waals surface area contributed by atoms with Gasteiger partial charge in [-0.15, -0.1) is 0 Å². The van der Waals surface area contributed by atoms with Crippen LogP contribution in [0.3, 0.4) is 0 Å². The second kappa shape index (κ2) is 4.89. The van der Waals surface area contributed by atoms with Crippen molar-refractivity contribution >= 4 is 28.5 Å². The third kappa shape index (κ3) is 2.47. The number of alkyl halides is 2. The van der Waals surface area contributed by atoms with E-state index in [0.29, 0.717) is 35.9 Å². The topological polar surface area (TPSA) is 29.0 Å². The van der Waals surface area contributed by atoms with Gasteiger partial charge in [0.15, 0.2) is 0 Å². The van der Waals surface area contributed by atoms with Gasteiger partial charge < -0.3 is 4.90 Å². The Bertz CT molecular complexity index is 605. The summed E-state index contributed by atoms with van der Waals surface area (Å²) in [4.78, 5) is 10.6. The highest BCUT2D eigenvalue weighted by atomic mass is 35.5. The van der Waals surface area contributed by atoms with Crippen molar-refractivity contribution < 1.29 is 8.78 Å². The average molecular weight is 284 g/mol. The summed E-state index contributed by atoms with van der Waals surface area (Å²) >= 11 is 5.88. The van der Waals surface area contributed by atoms with Gasteiger partial charge in [0.2, 0.25) is 6.43 Å². The van der Waals surface area contributed by atoms with Gasteiger partial charge in [-0.2, -0.15) is 0 Å². The zero-order valence-electron chi connectivity index (χ0n) is 10.1. The second-order valence-corrected chi connectivity index (χ2v) is 5.13. The highest BCUT2D eigenvalue weighted by Crippen LogP contribution is 2.27. The van der Waals surface area contributed by atoms with Crippen molar-refractivity contribution in [3.63, 3.8) is 0 Å². The Labute approximate surface area is 114 Å². The van der Waals surface area contributed by atoms with E-state index >= 15 is 0 Å². The lowest BCUT2D eigenvalue weighted by Gasteiger charge is -2.17. The summed E-state index contributed by atoms with van der Waals surface area (Å²) in [5.41, 5.74) is 1.43. The Hall–Kier alpha value is -1.49. The van der Waals surface area contributed by atoms with Gasteiger partial charge in [0.25, 0.3) is 0 Å². The van der Waals surface area contributed by atoms with Crippen molar-refractivity contribution in [2.75, 3.05) is 18.0 Å². The van der Waals surface area contributed by atoms with Gasteiger partial charge in [0.05, 0.1) is 17.2 Å². The molecule has 2 heterocycles. The van der Waals surface area contributed by atoms with Crippen molar-refractivity contribution in [1.82, 2.24) is 9.97 Å². The molecule has 0 radical (unpaired) electrons.